The molecular weight excluding hydrogens is 252 g/mol. The maximum atomic E-state index is 12.1. The number of rotatable bonds is 2. The maximum absolute atomic E-state index is 12.1. The number of anilines is 1. The van der Waals surface area contributed by atoms with Gasteiger partial charge in [-0.1, -0.05) is 0 Å². The smallest absolute Gasteiger partial charge is 0.212 e. The van der Waals surface area contributed by atoms with E-state index in [2.05, 4.69) is 4.98 Å². The van der Waals surface area contributed by atoms with Crippen LogP contribution in [0.1, 0.15) is 16.1 Å². The highest BCUT2D eigenvalue weighted by Crippen LogP contribution is 2.31. The second-order valence-electron chi connectivity index (χ2n) is 3.76. The van der Waals surface area contributed by atoms with E-state index in [4.69, 9.17) is 15.2 Å². The van der Waals surface area contributed by atoms with E-state index in [1.807, 2.05) is 0 Å². The predicted octanol–water partition coefficient (Wildman–Crippen LogP) is 1.73. The Balaban J connectivity index is 1.95. The van der Waals surface area contributed by atoms with E-state index in [9.17, 15) is 4.79 Å². The molecule has 2 aromatic rings. The largest absolute Gasteiger partial charge is 0.486 e. The molecule has 2 heterocycles. The number of thiazole rings is 1. The van der Waals surface area contributed by atoms with Gasteiger partial charge >= 0.3 is 0 Å². The number of hydrogen-bond donors (Lipinski definition) is 1. The molecule has 0 spiro atoms. The molecule has 92 valence electrons. The highest BCUT2D eigenvalue weighted by Gasteiger charge is 2.17. The third-order valence-corrected chi connectivity index (χ3v) is 3.23. The molecule has 5 nitrogen and oxygen atoms in total. The Hall–Kier alpha value is -2.08. The van der Waals surface area contributed by atoms with Crippen molar-refractivity contribution in [1.29, 1.82) is 0 Å². The zero-order valence-corrected chi connectivity index (χ0v) is 10.2. The minimum absolute atomic E-state index is 0.167. The van der Waals surface area contributed by atoms with Crippen molar-refractivity contribution >= 4 is 22.3 Å². The van der Waals surface area contributed by atoms with Crippen LogP contribution >= 0.6 is 11.3 Å². The molecule has 0 aliphatic carbocycles. The first-order valence-electron chi connectivity index (χ1n) is 5.39. The summed E-state index contributed by atoms with van der Waals surface area (Å²) >= 11 is 1.25. The van der Waals surface area contributed by atoms with Gasteiger partial charge < -0.3 is 15.2 Å². The van der Waals surface area contributed by atoms with Gasteiger partial charge in [0.2, 0.25) is 5.78 Å². The molecule has 3 rings (SSSR count). The van der Waals surface area contributed by atoms with Crippen LogP contribution < -0.4 is 15.2 Å². The van der Waals surface area contributed by atoms with Crippen LogP contribution in [-0.2, 0) is 0 Å². The summed E-state index contributed by atoms with van der Waals surface area (Å²) < 4.78 is 10.8. The predicted molar refractivity (Wildman–Crippen MR) is 67.4 cm³/mol. The number of ether oxygens (including phenoxy) is 2. The minimum Gasteiger partial charge on any atom is -0.486 e. The lowest BCUT2D eigenvalue weighted by atomic mass is 10.1. The topological polar surface area (TPSA) is 74.4 Å². The quantitative estimate of drug-likeness (QED) is 0.834. The average molecular weight is 262 g/mol. The molecule has 18 heavy (non-hydrogen) atoms. The van der Waals surface area contributed by atoms with Gasteiger partial charge in [-0.15, -0.1) is 11.3 Å². The summed E-state index contributed by atoms with van der Waals surface area (Å²) in [5.41, 5.74) is 6.39. The molecule has 0 amide bonds. The van der Waals surface area contributed by atoms with Gasteiger partial charge in [-0.2, -0.15) is 0 Å². The highest BCUT2D eigenvalue weighted by molar-refractivity contribution is 7.13. The number of carbonyl (C=O) groups excluding carboxylic acids is 1. The first-order chi connectivity index (χ1) is 8.74. The molecule has 0 fully saturated rings. The van der Waals surface area contributed by atoms with Gasteiger partial charge in [-0.25, -0.2) is 4.98 Å². The van der Waals surface area contributed by atoms with Crippen LogP contribution in [0.5, 0.6) is 11.5 Å². The Morgan fingerprint density at radius 2 is 2.06 bits per heavy atom. The summed E-state index contributed by atoms with van der Waals surface area (Å²) in [5.74, 6) is 1.09. The number of nitrogens with zero attached hydrogens (tertiary/aromatic N) is 1. The third-order valence-electron chi connectivity index (χ3n) is 2.56. The van der Waals surface area contributed by atoms with Gasteiger partial charge in [-0.3, -0.25) is 4.79 Å². The Morgan fingerprint density at radius 3 is 2.78 bits per heavy atom. The first kappa shape index (κ1) is 11.0. The number of carbonyl (C=O) groups is 1. The van der Waals surface area contributed by atoms with Crippen molar-refractivity contribution in [2.75, 3.05) is 18.9 Å². The lowest BCUT2D eigenvalue weighted by Crippen LogP contribution is -2.16. The number of aromatic nitrogens is 1. The second-order valence-corrected chi connectivity index (χ2v) is 4.65. The number of benzene rings is 1. The lowest BCUT2D eigenvalue weighted by molar-refractivity contribution is 0.103. The van der Waals surface area contributed by atoms with E-state index in [1.165, 1.54) is 11.3 Å². The van der Waals surface area contributed by atoms with Crippen LogP contribution in [0.25, 0.3) is 0 Å². The number of ketones is 1. The van der Waals surface area contributed by atoms with Crippen molar-refractivity contribution in [3.05, 3.63) is 34.8 Å². The van der Waals surface area contributed by atoms with Crippen molar-refractivity contribution < 1.29 is 14.3 Å². The highest BCUT2D eigenvalue weighted by atomic mass is 32.1. The van der Waals surface area contributed by atoms with Crippen molar-refractivity contribution in [3.63, 3.8) is 0 Å². The Labute approximate surface area is 107 Å². The molecule has 0 saturated heterocycles. The lowest BCUT2D eigenvalue weighted by Gasteiger charge is -2.18. The Morgan fingerprint density at radius 1 is 1.28 bits per heavy atom. The minimum atomic E-state index is -0.167. The Bertz CT molecular complexity index is 609. The Kier molecular flexibility index (Phi) is 2.64. The number of nitrogen functional groups attached to an aromatic ring is 1. The molecule has 1 aromatic carbocycles. The number of nitrogens with two attached hydrogens (primary N) is 1. The van der Waals surface area contributed by atoms with Crippen molar-refractivity contribution in [2.24, 2.45) is 0 Å². The molecule has 1 aromatic heterocycles. The molecule has 0 bridgehead atoms. The fraction of sp³-hybridized carbons (Fsp3) is 0.167. The molecule has 0 atom stereocenters. The van der Waals surface area contributed by atoms with Crippen LogP contribution in [0.15, 0.2) is 23.6 Å². The number of hydrogen-bond acceptors (Lipinski definition) is 6. The van der Waals surface area contributed by atoms with E-state index in [1.54, 1.807) is 23.6 Å². The van der Waals surface area contributed by atoms with Crippen LogP contribution in [0.4, 0.5) is 5.13 Å². The van der Waals surface area contributed by atoms with Gasteiger partial charge in [0.1, 0.15) is 18.9 Å². The van der Waals surface area contributed by atoms with Gasteiger partial charge in [0.25, 0.3) is 0 Å². The molecule has 2 N–H and O–H groups in total. The van der Waals surface area contributed by atoms with Crippen LogP contribution in [0.2, 0.25) is 0 Å². The van der Waals surface area contributed by atoms with E-state index in [0.717, 1.165) is 0 Å². The fourth-order valence-electron chi connectivity index (χ4n) is 1.72. The summed E-state index contributed by atoms with van der Waals surface area (Å²) in [7, 11) is 0. The van der Waals surface area contributed by atoms with E-state index < -0.39 is 0 Å². The summed E-state index contributed by atoms with van der Waals surface area (Å²) in [6.45, 7) is 1.03. The van der Waals surface area contributed by atoms with Crippen molar-refractivity contribution in [2.45, 2.75) is 0 Å². The summed E-state index contributed by atoms with van der Waals surface area (Å²) in [4.78, 5) is 16.1. The van der Waals surface area contributed by atoms with Crippen molar-refractivity contribution in [1.82, 2.24) is 4.98 Å². The van der Waals surface area contributed by atoms with Crippen LogP contribution in [-0.4, -0.2) is 24.0 Å². The molecule has 0 radical (unpaired) electrons. The molecule has 0 unspecified atom stereocenters. The molecule has 0 saturated carbocycles. The van der Waals surface area contributed by atoms with Gasteiger partial charge in [0.15, 0.2) is 16.6 Å². The summed E-state index contributed by atoms with van der Waals surface area (Å²) in [5, 5.41) is 2.03. The van der Waals surface area contributed by atoms with E-state index >= 15 is 0 Å². The molecule has 6 heteroatoms. The van der Waals surface area contributed by atoms with Gasteiger partial charge in [0, 0.05) is 10.9 Å². The number of fused-ring (bicyclic) bond motifs is 1. The zero-order chi connectivity index (χ0) is 12.5. The summed E-state index contributed by atoms with van der Waals surface area (Å²) in [6.07, 6.45) is 0. The second kappa shape index (κ2) is 4.30. The molecular formula is C12H10N2O3S. The van der Waals surface area contributed by atoms with Gasteiger partial charge in [-0.05, 0) is 18.2 Å². The van der Waals surface area contributed by atoms with Crippen LogP contribution in [0.3, 0.4) is 0 Å². The molecule has 1 aliphatic heterocycles. The van der Waals surface area contributed by atoms with E-state index in [0.29, 0.717) is 41.1 Å². The first-order valence-corrected chi connectivity index (χ1v) is 6.27. The maximum Gasteiger partial charge on any atom is 0.212 e. The average Bonchev–Trinajstić information content (AvgIpc) is 2.84. The monoisotopic (exact) mass is 262 g/mol. The van der Waals surface area contributed by atoms with Gasteiger partial charge in [0.05, 0.1) is 0 Å². The summed E-state index contributed by atoms with van der Waals surface area (Å²) in [6, 6.07) is 5.11. The van der Waals surface area contributed by atoms with Crippen molar-refractivity contribution in [3.8, 4) is 11.5 Å². The van der Waals surface area contributed by atoms with E-state index in [-0.39, 0.29) is 5.78 Å². The standard InChI is InChI=1S/C12H10N2O3S/c13-12-14-8(6-18-12)11(15)7-1-2-9-10(5-7)17-4-3-16-9/h1-2,5-6H,3-4H2,(H2,13,14). The third kappa shape index (κ3) is 1.91. The van der Waals surface area contributed by atoms with Crippen LogP contribution in [0, 0.1) is 0 Å². The zero-order valence-electron chi connectivity index (χ0n) is 9.38. The fourth-order valence-corrected chi connectivity index (χ4v) is 2.27. The SMILES string of the molecule is Nc1nc(C(=O)c2ccc3c(c2)OCCO3)cs1. The normalized spacial score (nSPS) is 13.3. The molecule has 1 aliphatic rings.